The average Bonchev–Trinajstić information content (AvgIpc) is 3.29. The minimum Gasteiger partial charge on any atom is -0.496 e. The lowest BCUT2D eigenvalue weighted by molar-refractivity contribution is -0.138. The quantitative estimate of drug-likeness (QED) is 0.414. The first kappa shape index (κ1) is 22.2. The van der Waals surface area contributed by atoms with Crippen LogP contribution in [-0.2, 0) is 11.3 Å². The number of carboxylic acid groups (broad SMARTS) is 1. The van der Waals surface area contributed by atoms with Crippen molar-refractivity contribution in [3.8, 4) is 39.7 Å². The molecule has 0 bridgehead atoms. The van der Waals surface area contributed by atoms with Gasteiger partial charge in [-0.2, -0.15) is 4.98 Å². The minimum atomic E-state index is -0.861. The molecule has 1 heterocycles. The van der Waals surface area contributed by atoms with E-state index in [2.05, 4.69) is 29.2 Å². The highest BCUT2D eigenvalue weighted by atomic mass is 16.5. The third-order valence-electron chi connectivity index (χ3n) is 5.35. The third-order valence-corrected chi connectivity index (χ3v) is 5.35. The van der Waals surface area contributed by atoms with Crippen molar-refractivity contribution in [2.75, 3.05) is 20.7 Å². The van der Waals surface area contributed by atoms with Crippen molar-refractivity contribution in [3.05, 3.63) is 77.9 Å². The lowest BCUT2D eigenvalue weighted by Crippen LogP contribution is -2.25. The van der Waals surface area contributed by atoms with Crippen molar-refractivity contribution in [1.82, 2.24) is 15.0 Å². The molecule has 0 aliphatic rings. The van der Waals surface area contributed by atoms with Crippen LogP contribution in [0.25, 0.3) is 34.0 Å². The van der Waals surface area contributed by atoms with Crippen molar-refractivity contribution >= 4 is 5.97 Å². The number of aryl methyl sites for hydroxylation is 1. The molecule has 0 unspecified atom stereocenters. The van der Waals surface area contributed by atoms with Gasteiger partial charge in [-0.25, -0.2) is 0 Å². The highest BCUT2D eigenvalue weighted by Gasteiger charge is 2.15. The third kappa shape index (κ3) is 5.10. The molecule has 0 atom stereocenters. The molecule has 33 heavy (non-hydrogen) atoms. The first-order valence-corrected chi connectivity index (χ1v) is 10.5. The first-order chi connectivity index (χ1) is 15.9. The molecule has 0 amide bonds. The molecule has 7 heteroatoms. The zero-order valence-electron chi connectivity index (χ0n) is 18.8. The number of carboxylic acids is 1. The van der Waals surface area contributed by atoms with E-state index in [1.807, 2.05) is 54.6 Å². The lowest BCUT2D eigenvalue weighted by Gasteiger charge is -2.14. The highest BCUT2D eigenvalue weighted by Crippen LogP contribution is 2.35. The zero-order chi connectivity index (χ0) is 23.4. The molecule has 168 valence electrons. The van der Waals surface area contributed by atoms with E-state index in [1.54, 1.807) is 19.1 Å². The Morgan fingerprint density at radius 2 is 1.85 bits per heavy atom. The Labute approximate surface area is 192 Å². The standard InChI is InChI=1S/C26H25N3O4/c1-17-7-4-5-10-21(17)22-12-11-20(14-23(22)32-3)26-27-25(28-33-26)19-9-6-8-18(13-19)15-29(2)16-24(30)31/h4-14H,15-16H2,1-3H3,(H,30,31). The van der Waals surface area contributed by atoms with Crippen molar-refractivity contribution in [2.45, 2.75) is 13.5 Å². The number of likely N-dealkylation sites (N-methyl/N-ethyl adjacent to an activating group) is 1. The molecule has 1 aromatic heterocycles. The van der Waals surface area contributed by atoms with Crippen LogP contribution in [0.1, 0.15) is 11.1 Å². The molecule has 0 saturated heterocycles. The van der Waals surface area contributed by atoms with Gasteiger partial charge < -0.3 is 14.4 Å². The van der Waals surface area contributed by atoms with Gasteiger partial charge in [-0.1, -0.05) is 47.6 Å². The van der Waals surface area contributed by atoms with E-state index >= 15 is 0 Å². The van der Waals surface area contributed by atoms with E-state index in [-0.39, 0.29) is 6.54 Å². The maximum atomic E-state index is 10.9. The van der Waals surface area contributed by atoms with Crippen LogP contribution in [0.5, 0.6) is 5.75 Å². The summed E-state index contributed by atoms with van der Waals surface area (Å²) in [4.78, 5) is 17.2. The van der Waals surface area contributed by atoms with Crippen LogP contribution in [-0.4, -0.2) is 46.8 Å². The molecule has 7 nitrogen and oxygen atoms in total. The molecule has 4 rings (SSSR count). The Kier molecular flexibility index (Phi) is 6.51. The summed E-state index contributed by atoms with van der Waals surface area (Å²) in [6, 6.07) is 21.7. The van der Waals surface area contributed by atoms with E-state index in [9.17, 15) is 4.79 Å². The van der Waals surface area contributed by atoms with Gasteiger partial charge in [0.05, 0.1) is 13.7 Å². The number of hydrogen-bond acceptors (Lipinski definition) is 6. The van der Waals surface area contributed by atoms with E-state index in [0.29, 0.717) is 18.3 Å². The molecule has 4 aromatic rings. The Morgan fingerprint density at radius 1 is 1.03 bits per heavy atom. The Morgan fingerprint density at radius 3 is 2.61 bits per heavy atom. The summed E-state index contributed by atoms with van der Waals surface area (Å²) in [6.07, 6.45) is 0. The molecular formula is C26H25N3O4. The van der Waals surface area contributed by atoms with Gasteiger partial charge in [0.1, 0.15) is 5.75 Å². The van der Waals surface area contributed by atoms with E-state index in [4.69, 9.17) is 14.4 Å². The largest absolute Gasteiger partial charge is 0.496 e. The summed E-state index contributed by atoms with van der Waals surface area (Å²) < 4.78 is 11.2. The molecule has 0 radical (unpaired) electrons. The van der Waals surface area contributed by atoms with Gasteiger partial charge in [-0.15, -0.1) is 0 Å². The second kappa shape index (κ2) is 9.67. The molecule has 0 aliphatic carbocycles. The second-order valence-corrected chi connectivity index (χ2v) is 7.92. The number of ether oxygens (including phenoxy) is 1. The van der Waals surface area contributed by atoms with Gasteiger partial charge >= 0.3 is 5.97 Å². The zero-order valence-corrected chi connectivity index (χ0v) is 18.8. The summed E-state index contributed by atoms with van der Waals surface area (Å²) in [5.74, 6) is 0.730. The highest BCUT2D eigenvalue weighted by molar-refractivity contribution is 5.76. The Balaban J connectivity index is 1.59. The normalized spacial score (nSPS) is 11.0. The van der Waals surface area contributed by atoms with Crippen LogP contribution in [0.3, 0.4) is 0 Å². The summed E-state index contributed by atoms with van der Waals surface area (Å²) in [7, 11) is 3.41. The molecule has 0 aliphatic heterocycles. The van der Waals surface area contributed by atoms with Gasteiger partial charge in [-0.05, 0) is 54.9 Å². The van der Waals surface area contributed by atoms with Gasteiger partial charge in [-0.3, -0.25) is 9.69 Å². The summed E-state index contributed by atoms with van der Waals surface area (Å²) in [6.45, 7) is 2.54. The Bertz CT molecular complexity index is 1280. The number of aliphatic carboxylic acids is 1. The molecule has 3 aromatic carbocycles. The van der Waals surface area contributed by atoms with Crippen LogP contribution in [0.4, 0.5) is 0 Å². The monoisotopic (exact) mass is 443 g/mol. The van der Waals surface area contributed by atoms with Crippen molar-refractivity contribution in [1.29, 1.82) is 0 Å². The van der Waals surface area contributed by atoms with Gasteiger partial charge in [0.2, 0.25) is 5.82 Å². The predicted molar refractivity (Wildman–Crippen MR) is 126 cm³/mol. The summed E-state index contributed by atoms with van der Waals surface area (Å²) >= 11 is 0. The fourth-order valence-electron chi connectivity index (χ4n) is 3.79. The van der Waals surface area contributed by atoms with Crippen molar-refractivity contribution < 1.29 is 19.2 Å². The topological polar surface area (TPSA) is 88.7 Å². The maximum absolute atomic E-state index is 10.9. The average molecular weight is 444 g/mol. The number of hydrogen-bond donors (Lipinski definition) is 1. The molecule has 1 N–H and O–H groups in total. The van der Waals surface area contributed by atoms with Crippen LogP contribution in [0.2, 0.25) is 0 Å². The number of aromatic nitrogens is 2. The number of benzene rings is 3. The van der Waals surface area contributed by atoms with Crippen LogP contribution < -0.4 is 4.74 Å². The number of carbonyl (C=O) groups is 1. The molecule has 0 spiro atoms. The van der Waals surface area contributed by atoms with E-state index in [1.165, 1.54) is 0 Å². The number of methoxy groups -OCH3 is 1. The van der Waals surface area contributed by atoms with Gasteiger partial charge in [0.25, 0.3) is 5.89 Å². The van der Waals surface area contributed by atoms with Crippen LogP contribution in [0, 0.1) is 6.92 Å². The number of nitrogens with zero attached hydrogens (tertiary/aromatic N) is 3. The lowest BCUT2D eigenvalue weighted by atomic mass is 9.98. The maximum Gasteiger partial charge on any atom is 0.317 e. The Hall–Kier alpha value is -3.97. The van der Waals surface area contributed by atoms with Crippen molar-refractivity contribution in [2.24, 2.45) is 0 Å². The van der Waals surface area contributed by atoms with Crippen LogP contribution >= 0.6 is 0 Å². The second-order valence-electron chi connectivity index (χ2n) is 7.92. The fraction of sp³-hybridized carbons (Fsp3) is 0.192. The van der Waals surface area contributed by atoms with Crippen molar-refractivity contribution in [3.63, 3.8) is 0 Å². The number of rotatable bonds is 8. The predicted octanol–water partition coefficient (Wildman–Crippen LogP) is 4.90. The smallest absolute Gasteiger partial charge is 0.317 e. The minimum absolute atomic E-state index is 0.0308. The van der Waals surface area contributed by atoms with Crippen LogP contribution in [0.15, 0.2) is 71.3 Å². The molecule has 0 saturated carbocycles. The summed E-state index contributed by atoms with van der Waals surface area (Å²) in [5, 5.41) is 13.1. The van der Waals surface area contributed by atoms with Gasteiger partial charge in [0, 0.05) is 23.2 Å². The SMILES string of the molecule is COc1cc(-c2nc(-c3cccc(CN(C)CC(=O)O)c3)no2)ccc1-c1ccccc1C. The first-order valence-electron chi connectivity index (χ1n) is 10.5. The summed E-state index contributed by atoms with van der Waals surface area (Å²) in [5.41, 5.74) is 5.80. The molecular weight excluding hydrogens is 418 g/mol. The molecule has 0 fully saturated rings. The fourth-order valence-corrected chi connectivity index (χ4v) is 3.79. The van der Waals surface area contributed by atoms with Gasteiger partial charge in [0.15, 0.2) is 0 Å². The van der Waals surface area contributed by atoms with E-state index < -0.39 is 5.97 Å². The van der Waals surface area contributed by atoms with E-state index in [0.717, 1.165) is 39.1 Å².